The Balaban J connectivity index is 1.95. The van der Waals surface area contributed by atoms with E-state index in [0.29, 0.717) is 0 Å². The van der Waals surface area contributed by atoms with Gasteiger partial charge in [0.15, 0.2) is 6.10 Å². The number of nitrogens with one attached hydrogen (secondary N) is 1. The number of esters is 1. The lowest BCUT2D eigenvalue weighted by atomic mass is 10.2. The molecular formula is C19H15F4NO3. The van der Waals surface area contributed by atoms with Crippen LogP contribution in [0.4, 0.5) is 23.2 Å². The number of rotatable bonds is 5. The van der Waals surface area contributed by atoms with Gasteiger partial charge in [-0.3, -0.25) is 4.79 Å². The molecule has 1 amide bonds. The molecular weight excluding hydrogens is 366 g/mol. The van der Waals surface area contributed by atoms with Crippen molar-refractivity contribution < 1.29 is 31.9 Å². The second kappa shape index (κ2) is 8.48. The predicted octanol–water partition coefficient (Wildman–Crippen LogP) is 4.43. The Morgan fingerprint density at radius 1 is 1.11 bits per heavy atom. The van der Waals surface area contributed by atoms with Gasteiger partial charge in [0.25, 0.3) is 5.91 Å². The van der Waals surface area contributed by atoms with Crippen molar-refractivity contribution in [3.63, 3.8) is 0 Å². The van der Waals surface area contributed by atoms with Crippen molar-refractivity contribution in [2.45, 2.75) is 19.2 Å². The molecule has 0 aliphatic heterocycles. The first kappa shape index (κ1) is 20.2. The van der Waals surface area contributed by atoms with Crippen LogP contribution < -0.4 is 5.32 Å². The molecule has 0 aromatic heterocycles. The molecule has 1 atom stereocenters. The molecule has 0 heterocycles. The summed E-state index contributed by atoms with van der Waals surface area (Å²) < 4.78 is 56.3. The summed E-state index contributed by atoms with van der Waals surface area (Å²) in [4.78, 5) is 23.7. The summed E-state index contributed by atoms with van der Waals surface area (Å²) in [5, 5.41) is 2.24. The van der Waals surface area contributed by atoms with Crippen molar-refractivity contribution in [3.8, 4) is 0 Å². The number of ether oxygens (including phenoxy) is 1. The van der Waals surface area contributed by atoms with E-state index in [4.69, 9.17) is 4.74 Å². The Labute approximate surface area is 152 Å². The fourth-order valence-corrected chi connectivity index (χ4v) is 2.05. The number of carbonyl (C=O) groups is 2. The Bertz CT molecular complexity index is 862. The van der Waals surface area contributed by atoms with E-state index in [0.717, 1.165) is 24.3 Å². The third kappa shape index (κ3) is 5.95. The van der Waals surface area contributed by atoms with Gasteiger partial charge in [-0.15, -0.1) is 0 Å². The Morgan fingerprint density at radius 2 is 1.81 bits per heavy atom. The van der Waals surface area contributed by atoms with Gasteiger partial charge < -0.3 is 10.1 Å². The third-order valence-electron chi connectivity index (χ3n) is 3.42. The van der Waals surface area contributed by atoms with Crippen molar-refractivity contribution in [1.29, 1.82) is 0 Å². The topological polar surface area (TPSA) is 55.4 Å². The van der Waals surface area contributed by atoms with Crippen LogP contribution in [0.1, 0.15) is 18.1 Å². The minimum atomic E-state index is -4.55. The van der Waals surface area contributed by atoms with Crippen LogP contribution >= 0.6 is 0 Å². The molecule has 0 aliphatic carbocycles. The standard InChI is InChI=1S/C19H15F4NO3/c1-12(27-17(25)10-9-13-5-2-3-8-16(13)20)18(26)24-15-7-4-6-14(11-15)19(21,22)23/h2-12H,1H3,(H,24,26)/b10-9+/t12-/m1/s1. The Hall–Kier alpha value is -3.16. The van der Waals surface area contributed by atoms with Crippen LogP contribution in [0, 0.1) is 5.82 Å². The van der Waals surface area contributed by atoms with Crippen LogP contribution in [0.2, 0.25) is 0 Å². The first-order valence-electron chi connectivity index (χ1n) is 7.78. The molecule has 0 saturated heterocycles. The number of amides is 1. The monoisotopic (exact) mass is 381 g/mol. The summed E-state index contributed by atoms with van der Waals surface area (Å²) in [5.41, 5.74) is -0.840. The summed E-state index contributed by atoms with van der Waals surface area (Å²) in [7, 11) is 0. The van der Waals surface area contributed by atoms with Crippen molar-refractivity contribution in [2.75, 3.05) is 5.32 Å². The summed E-state index contributed by atoms with van der Waals surface area (Å²) in [5.74, 6) is -2.23. The van der Waals surface area contributed by atoms with Gasteiger partial charge in [0, 0.05) is 17.3 Å². The van der Waals surface area contributed by atoms with E-state index in [9.17, 15) is 27.2 Å². The number of halogens is 4. The summed E-state index contributed by atoms with van der Waals surface area (Å²) >= 11 is 0. The number of hydrogen-bond acceptors (Lipinski definition) is 3. The van der Waals surface area contributed by atoms with E-state index in [1.807, 2.05) is 0 Å². The van der Waals surface area contributed by atoms with E-state index in [1.54, 1.807) is 6.07 Å². The fraction of sp³-hybridized carbons (Fsp3) is 0.158. The van der Waals surface area contributed by atoms with Crippen LogP contribution in [0.3, 0.4) is 0 Å². The zero-order valence-electron chi connectivity index (χ0n) is 14.1. The normalized spacial score (nSPS) is 12.6. The maximum atomic E-state index is 13.4. The van der Waals surface area contributed by atoms with Gasteiger partial charge in [0.05, 0.1) is 5.56 Å². The van der Waals surface area contributed by atoms with E-state index in [2.05, 4.69) is 5.32 Å². The lowest BCUT2D eigenvalue weighted by Crippen LogP contribution is -2.29. The molecule has 1 N–H and O–H groups in total. The number of benzene rings is 2. The predicted molar refractivity (Wildman–Crippen MR) is 91.1 cm³/mol. The molecule has 0 spiro atoms. The maximum absolute atomic E-state index is 13.4. The molecule has 0 saturated carbocycles. The molecule has 8 heteroatoms. The van der Waals surface area contributed by atoms with Gasteiger partial charge in [0.2, 0.25) is 0 Å². The van der Waals surface area contributed by atoms with E-state index >= 15 is 0 Å². The van der Waals surface area contributed by atoms with Crippen molar-refractivity contribution in [2.24, 2.45) is 0 Å². The summed E-state index contributed by atoms with van der Waals surface area (Å²) in [6.45, 7) is 1.26. The van der Waals surface area contributed by atoms with E-state index < -0.39 is 35.5 Å². The first-order chi connectivity index (χ1) is 12.7. The van der Waals surface area contributed by atoms with E-state index in [-0.39, 0.29) is 11.3 Å². The molecule has 2 aromatic carbocycles. The molecule has 0 unspecified atom stereocenters. The zero-order valence-corrected chi connectivity index (χ0v) is 14.1. The molecule has 0 aliphatic rings. The van der Waals surface area contributed by atoms with Crippen molar-refractivity contribution >= 4 is 23.6 Å². The Kier molecular flexibility index (Phi) is 6.33. The van der Waals surface area contributed by atoms with E-state index in [1.165, 1.54) is 37.3 Å². The summed E-state index contributed by atoms with van der Waals surface area (Å²) in [6, 6.07) is 9.80. The largest absolute Gasteiger partial charge is 0.449 e. The lowest BCUT2D eigenvalue weighted by Gasteiger charge is -2.13. The second-order valence-corrected chi connectivity index (χ2v) is 5.50. The fourth-order valence-electron chi connectivity index (χ4n) is 2.05. The summed E-state index contributed by atoms with van der Waals surface area (Å²) in [6.07, 6.45) is -3.67. The zero-order chi connectivity index (χ0) is 20.0. The Morgan fingerprint density at radius 3 is 2.48 bits per heavy atom. The lowest BCUT2D eigenvalue weighted by molar-refractivity contribution is -0.148. The molecule has 0 radical (unpaired) electrons. The number of anilines is 1. The van der Waals surface area contributed by atoms with Gasteiger partial charge in [-0.25, -0.2) is 9.18 Å². The molecule has 27 heavy (non-hydrogen) atoms. The van der Waals surface area contributed by atoms with Gasteiger partial charge in [-0.1, -0.05) is 24.3 Å². The second-order valence-electron chi connectivity index (χ2n) is 5.50. The quantitative estimate of drug-likeness (QED) is 0.474. The maximum Gasteiger partial charge on any atom is 0.416 e. The van der Waals surface area contributed by atoms with Gasteiger partial charge in [-0.2, -0.15) is 13.2 Å². The molecule has 0 bridgehead atoms. The van der Waals surface area contributed by atoms with Crippen LogP contribution in [0.15, 0.2) is 54.6 Å². The molecule has 0 fully saturated rings. The highest BCUT2D eigenvalue weighted by atomic mass is 19.4. The third-order valence-corrected chi connectivity index (χ3v) is 3.42. The number of carbonyl (C=O) groups excluding carboxylic acids is 2. The SMILES string of the molecule is C[C@@H](OC(=O)/C=C/c1ccccc1F)C(=O)Nc1cccc(C(F)(F)F)c1. The average Bonchev–Trinajstić information content (AvgIpc) is 2.60. The highest BCUT2D eigenvalue weighted by Gasteiger charge is 2.30. The van der Waals surface area contributed by atoms with Gasteiger partial charge in [0.1, 0.15) is 5.82 Å². The minimum absolute atomic E-state index is 0.0837. The molecule has 2 rings (SSSR count). The highest BCUT2D eigenvalue weighted by Crippen LogP contribution is 2.30. The highest BCUT2D eigenvalue weighted by molar-refractivity contribution is 5.96. The average molecular weight is 381 g/mol. The number of hydrogen-bond donors (Lipinski definition) is 1. The van der Waals surface area contributed by atoms with Crippen LogP contribution in [0.5, 0.6) is 0 Å². The molecule has 4 nitrogen and oxygen atoms in total. The van der Waals surface area contributed by atoms with Crippen molar-refractivity contribution in [3.05, 3.63) is 71.6 Å². The van der Waals surface area contributed by atoms with Crippen LogP contribution in [-0.2, 0) is 20.5 Å². The van der Waals surface area contributed by atoms with Crippen LogP contribution in [-0.4, -0.2) is 18.0 Å². The molecule has 2 aromatic rings. The first-order valence-corrected chi connectivity index (χ1v) is 7.78. The van der Waals surface area contributed by atoms with Crippen LogP contribution in [0.25, 0.3) is 6.08 Å². The molecule has 142 valence electrons. The number of alkyl halides is 3. The van der Waals surface area contributed by atoms with Gasteiger partial charge in [-0.05, 0) is 37.3 Å². The van der Waals surface area contributed by atoms with Gasteiger partial charge >= 0.3 is 12.1 Å². The smallest absolute Gasteiger partial charge is 0.416 e. The minimum Gasteiger partial charge on any atom is -0.449 e. The van der Waals surface area contributed by atoms with Crippen molar-refractivity contribution in [1.82, 2.24) is 0 Å².